The fourth-order valence-corrected chi connectivity index (χ4v) is 2.43. The van der Waals surface area contributed by atoms with Gasteiger partial charge in [-0.15, -0.1) is 0 Å². The molecule has 1 aromatic carbocycles. The van der Waals surface area contributed by atoms with Crippen LogP contribution >= 0.6 is 11.6 Å². The van der Waals surface area contributed by atoms with Gasteiger partial charge in [-0.05, 0) is 43.9 Å². The topological polar surface area (TPSA) is 32.3 Å². The minimum absolute atomic E-state index is 0.300. The summed E-state index contributed by atoms with van der Waals surface area (Å²) in [6, 6.07) is 5.18. The molecule has 1 aliphatic carbocycles. The van der Waals surface area contributed by atoms with Crippen molar-refractivity contribution in [3.8, 4) is 5.75 Å². The van der Waals surface area contributed by atoms with Crippen molar-refractivity contribution in [2.45, 2.75) is 44.7 Å². The fourth-order valence-electron chi connectivity index (χ4n) is 2.24. The van der Waals surface area contributed by atoms with Crippen LogP contribution < -0.4 is 5.32 Å². The van der Waals surface area contributed by atoms with Crippen molar-refractivity contribution in [2.24, 2.45) is 0 Å². The maximum Gasteiger partial charge on any atom is 0.120 e. The van der Waals surface area contributed by atoms with E-state index < -0.39 is 0 Å². The number of benzene rings is 1. The number of phenols is 1. The number of nitrogens with one attached hydrogen (secondary N) is 1. The first-order chi connectivity index (χ1) is 7.65. The zero-order valence-corrected chi connectivity index (χ0v) is 10.3. The smallest absolute Gasteiger partial charge is 0.120 e. The highest BCUT2D eigenvalue weighted by Gasteiger charge is 2.34. The number of rotatable bonds is 4. The zero-order valence-electron chi connectivity index (χ0n) is 9.59. The van der Waals surface area contributed by atoms with E-state index in [2.05, 4.69) is 12.2 Å². The van der Waals surface area contributed by atoms with Crippen molar-refractivity contribution in [3.05, 3.63) is 28.8 Å². The van der Waals surface area contributed by atoms with Gasteiger partial charge in [-0.2, -0.15) is 0 Å². The Bertz CT molecular complexity index is 369. The van der Waals surface area contributed by atoms with Gasteiger partial charge in [0.05, 0.1) is 0 Å². The summed E-state index contributed by atoms with van der Waals surface area (Å²) in [5.41, 5.74) is 1.18. The average molecular weight is 240 g/mol. The minimum atomic E-state index is 0.300. The summed E-state index contributed by atoms with van der Waals surface area (Å²) in [5.74, 6) is 0.322. The molecule has 0 saturated heterocycles. The number of hydrogen-bond acceptors (Lipinski definition) is 2. The maximum absolute atomic E-state index is 9.70. The van der Waals surface area contributed by atoms with E-state index in [0.717, 1.165) is 12.0 Å². The first-order valence-corrected chi connectivity index (χ1v) is 6.25. The van der Waals surface area contributed by atoms with Crippen LogP contribution in [0.25, 0.3) is 0 Å². The molecule has 3 heteroatoms. The molecular formula is C13H18ClNO. The molecule has 2 nitrogen and oxygen atoms in total. The third-order valence-electron chi connectivity index (χ3n) is 3.68. The van der Waals surface area contributed by atoms with Crippen LogP contribution in [-0.2, 0) is 6.54 Å². The van der Waals surface area contributed by atoms with Gasteiger partial charge in [-0.3, -0.25) is 0 Å². The molecule has 0 aliphatic heterocycles. The predicted molar refractivity (Wildman–Crippen MR) is 66.8 cm³/mol. The van der Waals surface area contributed by atoms with Gasteiger partial charge in [0.2, 0.25) is 0 Å². The second kappa shape index (κ2) is 4.64. The van der Waals surface area contributed by atoms with Gasteiger partial charge in [0.15, 0.2) is 0 Å². The molecule has 0 radical (unpaired) electrons. The molecule has 2 rings (SSSR count). The van der Waals surface area contributed by atoms with Gasteiger partial charge >= 0.3 is 0 Å². The summed E-state index contributed by atoms with van der Waals surface area (Å²) in [6.45, 7) is 2.91. The van der Waals surface area contributed by atoms with E-state index in [1.165, 1.54) is 19.3 Å². The zero-order chi connectivity index (χ0) is 11.6. The van der Waals surface area contributed by atoms with Gasteiger partial charge in [-0.25, -0.2) is 0 Å². The minimum Gasteiger partial charge on any atom is -0.508 e. The molecule has 0 spiro atoms. The Balaban J connectivity index is 2.01. The highest BCUT2D eigenvalue weighted by molar-refractivity contribution is 6.30. The lowest BCUT2D eigenvalue weighted by molar-refractivity contribution is 0.175. The van der Waals surface area contributed by atoms with Crippen LogP contribution in [0.2, 0.25) is 5.02 Å². The molecule has 1 aliphatic rings. The normalized spacial score (nSPS) is 18.1. The number of hydrogen-bond donors (Lipinski definition) is 2. The van der Waals surface area contributed by atoms with Gasteiger partial charge in [0.25, 0.3) is 0 Å². The van der Waals surface area contributed by atoms with Gasteiger partial charge in [-0.1, -0.05) is 18.5 Å². The quantitative estimate of drug-likeness (QED) is 0.843. The maximum atomic E-state index is 9.70. The third-order valence-corrected chi connectivity index (χ3v) is 3.92. The van der Waals surface area contributed by atoms with E-state index in [1.54, 1.807) is 12.1 Å². The molecule has 1 saturated carbocycles. The van der Waals surface area contributed by atoms with Crippen LogP contribution in [0.4, 0.5) is 0 Å². The Morgan fingerprint density at radius 1 is 1.44 bits per heavy atom. The van der Waals surface area contributed by atoms with Gasteiger partial charge in [0, 0.05) is 22.7 Å². The van der Waals surface area contributed by atoms with Crippen molar-refractivity contribution < 1.29 is 5.11 Å². The van der Waals surface area contributed by atoms with E-state index in [1.807, 2.05) is 6.07 Å². The highest BCUT2D eigenvalue weighted by Crippen LogP contribution is 2.35. The van der Waals surface area contributed by atoms with Crippen LogP contribution in [0, 0.1) is 0 Å². The lowest BCUT2D eigenvalue weighted by Gasteiger charge is -2.42. The molecule has 1 aromatic rings. The Kier molecular flexibility index (Phi) is 3.41. The fraction of sp³-hybridized carbons (Fsp3) is 0.538. The van der Waals surface area contributed by atoms with E-state index in [-0.39, 0.29) is 0 Å². The van der Waals surface area contributed by atoms with E-state index >= 15 is 0 Å². The van der Waals surface area contributed by atoms with Crippen LogP contribution in [0.3, 0.4) is 0 Å². The monoisotopic (exact) mass is 239 g/mol. The summed E-state index contributed by atoms with van der Waals surface area (Å²) in [6.07, 6.45) is 4.94. The molecule has 0 amide bonds. The predicted octanol–water partition coefficient (Wildman–Crippen LogP) is 3.47. The second-order valence-corrected chi connectivity index (χ2v) is 5.05. The van der Waals surface area contributed by atoms with Crippen LogP contribution in [0.5, 0.6) is 5.75 Å². The van der Waals surface area contributed by atoms with E-state index in [9.17, 15) is 5.11 Å². The average Bonchev–Trinajstić information content (AvgIpc) is 2.22. The largest absolute Gasteiger partial charge is 0.508 e. The Hall–Kier alpha value is -0.730. The molecule has 2 N–H and O–H groups in total. The summed E-state index contributed by atoms with van der Waals surface area (Å²) >= 11 is 5.91. The SMILES string of the molecule is CCC1(NCc2cc(Cl)ccc2O)CCC1. The van der Waals surface area contributed by atoms with E-state index in [0.29, 0.717) is 22.9 Å². The lowest BCUT2D eigenvalue weighted by Crippen LogP contribution is -2.49. The van der Waals surface area contributed by atoms with E-state index in [4.69, 9.17) is 11.6 Å². The van der Waals surface area contributed by atoms with Crippen molar-refractivity contribution in [1.29, 1.82) is 0 Å². The molecule has 1 fully saturated rings. The van der Waals surface area contributed by atoms with Crippen LogP contribution in [-0.4, -0.2) is 10.6 Å². The Morgan fingerprint density at radius 2 is 2.19 bits per heavy atom. The van der Waals surface area contributed by atoms with Crippen molar-refractivity contribution in [2.75, 3.05) is 0 Å². The van der Waals surface area contributed by atoms with Crippen LogP contribution in [0.15, 0.2) is 18.2 Å². The molecule has 16 heavy (non-hydrogen) atoms. The first-order valence-electron chi connectivity index (χ1n) is 5.88. The Labute approximate surface area is 102 Å². The summed E-state index contributed by atoms with van der Waals surface area (Å²) < 4.78 is 0. The van der Waals surface area contributed by atoms with Gasteiger partial charge < -0.3 is 10.4 Å². The molecule has 88 valence electrons. The standard InChI is InChI=1S/C13H18ClNO/c1-2-13(6-3-7-13)15-9-10-8-11(14)4-5-12(10)16/h4-5,8,15-16H,2-3,6-7,9H2,1H3. The number of aromatic hydroxyl groups is 1. The Morgan fingerprint density at radius 3 is 2.75 bits per heavy atom. The van der Waals surface area contributed by atoms with Crippen molar-refractivity contribution in [3.63, 3.8) is 0 Å². The number of phenolic OH excluding ortho intramolecular Hbond substituents is 1. The summed E-state index contributed by atoms with van der Waals surface area (Å²) in [4.78, 5) is 0. The summed E-state index contributed by atoms with van der Waals surface area (Å²) in [7, 11) is 0. The second-order valence-electron chi connectivity index (χ2n) is 4.61. The van der Waals surface area contributed by atoms with Crippen LogP contribution in [0.1, 0.15) is 38.2 Å². The molecule has 0 bridgehead atoms. The highest BCUT2D eigenvalue weighted by atomic mass is 35.5. The van der Waals surface area contributed by atoms with Gasteiger partial charge in [0.1, 0.15) is 5.75 Å². The molecular weight excluding hydrogens is 222 g/mol. The van der Waals surface area contributed by atoms with Crippen molar-refractivity contribution in [1.82, 2.24) is 5.32 Å². The molecule has 0 aromatic heterocycles. The molecule has 0 heterocycles. The third kappa shape index (κ3) is 2.33. The van der Waals surface area contributed by atoms with Crippen molar-refractivity contribution >= 4 is 11.6 Å². The summed E-state index contributed by atoms with van der Waals surface area (Å²) in [5, 5.41) is 13.9. The first kappa shape index (κ1) is 11.7. The molecule has 0 unspecified atom stereocenters. The molecule has 0 atom stereocenters. The number of halogens is 1. The lowest BCUT2D eigenvalue weighted by atomic mass is 9.75.